The predicted octanol–water partition coefficient (Wildman–Crippen LogP) is 2.85. The molecule has 0 aromatic carbocycles. The minimum Gasteiger partial charge on any atom is -0.463 e. The zero-order valence-electron chi connectivity index (χ0n) is 22.8. The third-order valence-electron chi connectivity index (χ3n) is 4.69. The minimum atomic E-state index is -3.05. The third kappa shape index (κ3) is 14.3. The summed E-state index contributed by atoms with van der Waals surface area (Å²) in [7, 11) is -11.2. The quantitative estimate of drug-likeness (QED) is 0.0734. The van der Waals surface area contributed by atoms with Gasteiger partial charge in [-0.3, -0.25) is 4.79 Å². The van der Waals surface area contributed by atoms with Gasteiger partial charge >= 0.3 is 43.1 Å². The molecule has 0 amide bonds. The van der Waals surface area contributed by atoms with Crippen LogP contribution >= 0.6 is 0 Å². The van der Waals surface area contributed by atoms with E-state index in [1.165, 1.54) is 6.92 Å². The minimum absolute atomic E-state index is 0.0321. The first kappa shape index (κ1) is 34.6. The highest BCUT2D eigenvalue weighted by Gasteiger charge is 2.56. The van der Waals surface area contributed by atoms with Gasteiger partial charge in [-0.25, -0.2) is 9.59 Å². The molecule has 0 saturated heterocycles. The average molecular weight is 583 g/mol. The van der Waals surface area contributed by atoms with Crippen molar-refractivity contribution in [1.82, 2.24) is 0 Å². The lowest BCUT2D eigenvalue weighted by Crippen LogP contribution is -2.68. The molecule has 1 unspecified atom stereocenters. The second kappa shape index (κ2) is 15.7. The zero-order chi connectivity index (χ0) is 28.0. The summed E-state index contributed by atoms with van der Waals surface area (Å²) in [5.74, 6) is -1.45. The summed E-state index contributed by atoms with van der Waals surface area (Å²) in [6.45, 7) is 22.2. The van der Waals surface area contributed by atoms with Crippen molar-refractivity contribution < 1.29 is 50.1 Å². The van der Waals surface area contributed by atoms with Crippen LogP contribution in [0.4, 0.5) is 0 Å². The molecule has 0 aromatic heterocycles. The van der Waals surface area contributed by atoms with Gasteiger partial charge in [-0.1, -0.05) is 13.2 Å². The first-order valence-corrected chi connectivity index (χ1v) is 23.4. The van der Waals surface area contributed by atoms with Crippen LogP contribution in [-0.2, 0) is 50.1 Å². The largest absolute Gasteiger partial charge is 0.463 e. The van der Waals surface area contributed by atoms with E-state index in [2.05, 4.69) is 13.2 Å². The molecule has 0 rings (SSSR count). The van der Waals surface area contributed by atoms with E-state index in [1.807, 2.05) is 45.8 Å². The molecule has 0 aliphatic rings. The van der Waals surface area contributed by atoms with E-state index < -0.39 is 45.0 Å². The van der Waals surface area contributed by atoms with Crippen molar-refractivity contribution in [3.63, 3.8) is 0 Å². The summed E-state index contributed by atoms with van der Waals surface area (Å²) < 4.78 is 46.4. The van der Waals surface area contributed by atoms with Gasteiger partial charge in [0.05, 0.1) is 19.8 Å². The van der Waals surface area contributed by atoms with E-state index in [1.54, 1.807) is 0 Å². The van der Waals surface area contributed by atoms with Gasteiger partial charge in [-0.2, -0.15) is 0 Å². The molecule has 0 fully saturated rings. The Morgan fingerprint density at radius 2 is 1.06 bits per heavy atom. The summed E-state index contributed by atoms with van der Waals surface area (Å²) in [5, 5.41) is 0. The Hall–Kier alpha value is -1.44. The van der Waals surface area contributed by atoms with Crippen LogP contribution < -0.4 is 0 Å². The average Bonchev–Trinajstić information content (AvgIpc) is 2.75. The molecule has 0 aliphatic carbocycles. The van der Waals surface area contributed by atoms with E-state index in [-0.39, 0.29) is 45.6 Å². The lowest BCUT2D eigenvalue weighted by Gasteiger charge is -2.44. The molecule has 0 saturated carbocycles. The van der Waals surface area contributed by atoms with E-state index in [9.17, 15) is 14.4 Å². The number of carbonyl (C=O) groups is 3. The van der Waals surface area contributed by atoms with E-state index >= 15 is 0 Å². The lowest BCUT2D eigenvalue weighted by molar-refractivity contribution is -0.142. The summed E-state index contributed by atoms with van der Waals surface area (Å²) >= 11 is 0. The molecule has 0 aromatic rings. The van der Waals surface area contributed by atoms with E-state index in [0.29, 0.717) is 0 Å². The lowest BCUT2D eigenvalue weighted by atomic mass is 10.6. The van der Waals surface area contributed by atoms with Gasteiger partial charge in [0.25, 0.3) is 0 Å². The Labute approximate surface area is 218 Å². The van der Waals surface area contributed by atoms with Crippen molar-refractivity contribution in [3.05, 3.63) is 25.3 Å². The van der Waals surface area contributed by atoms with Crippen LogP contribution in [0.15, 0.2) is 25.3 Å². The van der Waals surface area contributed by atoms with Gasteiger partial charge in [0.2, 0.25) is 7.83 Å². The number of hydrogen-bond acceptors (Lipinski definition) is 11. The summed E-state index contributed by atoms with van der Waals surface area (Å²) in [6, 6.07) is 0. The summed E-state index contributed by atoms with van der Waals surface area (Å²) in [4.78, 5) is 33.7. The topological polar surface area (TPSA) is 125 Å². The molecule has 208 valence electrons. The Balaban J connectivity index is 5.38. The second-order valence-electron chi connectivity index (χ2n) is 9.09. The summed E-state index contributed by atoms with van der Waals surface area (Å²) in [5.41, 5.74) is 0. The van der Waals surface area contributed by atoms with Crippen LogP contribution in [0.5, 0.6) is 0 Å². The standard InChI is InChI=1S/C21H42O11Si4/c1-11-20(23)26-14-16-28-33(4,5)31-34(6,7)32-36(10,30-18-15-27-21(24)12-2)35(8,9)29-17-13-25-19(3)22/h11-12H,1-2,13-18H2,3-10H3. The van der Waals surface area contributed by atoms with Crippen LogP contribution in [0, 0.1) is 0 Å². The van der Waals surface area contributed by atoms with Gasteiger partial charge in [0, 0.05) is 19.1 Å². The number of ether oxygens (including phenoxy) is 3. The van der Waals surface area contributed by atoms with Crippen molar-refractivity contribution in [2.45, 2.75) is 52.8 Å². The highest BCUT2D eigenvalue weighted by Crippen LogP contribution is 2.29. The molecule has 0 spiro atoms. The zero-order valence-corrected chi connectivity index (χ0v) is 26.8. The van der Waals surface area contributed by atoms with Crippen molar-refractivity contribution in [3.8, 4) is 0 Å². The van der Waals surface area contributed by atoms with Crippen LogP contribution in [-0.4, -0.2) is 90.6 Å². The SMILES string of the molecule is C=CC(=O)OCCO[Si](C)(C)O[Si](C)(C)O[Si](C)(OCCOC(=O)C=C)[Si](C)(C)OCCOC(C)=O. The van der Waals surface area contributed by atoms with Crippen molar-refractivity contribution >= 4 is 50.9 Å². The first-order chi connectivity index (χ1) is 16.5. The fourth-order valence-electron chi connectivity index (χ4n) is 2.98. The highest BCUT2D eigenvalue weighted by molar-refractivity contribution is 7.34. The molecular formula is C21H42O11Si4. The normalized spacial score (nSPS) is 13.9. The Kier molecular flexibility index (Phi) is 15.1. The van der Waals surface area contributed by atoms with Gasteiger partial charge in [0.1, 0.15) is 19.8 Å². The molecule has 36 heavy (non-hydrogen) atoms. The van der Waals surface area contributed by atoms with Gasteiger partial charge < -0.3 is 35.7 Å². The maximum absolute atomic E-state index is 11.4. The molecule has 0 aliphatic heterocycles. The number of hydrogen-bond donors (Lipinski definition) is 0. The Bertz CT molecular complexity index is 758. The third-order valence-corrected chi connectivity index (χ3v) is 25.3. The molecule has 15 heteroatoms. The molecule has 0 radical (unpaired) electrons. The monoisotopic (exact) mass is 582 g/mol. The van der Waals surface area contributed by atoms with Crippen molar-refractivity contribution in [2.24, 2.45) is 0 Å². The van der Waals surface area contributed by atoms with Crippen molar-refractivity contribution in [1.29, 1.82) is 0 Å². The van der Waals surface area contributed by atoms with Crippen molar-refractivity contribution in [2.75, 3.05) is 39.6 Å². The smallest absolute Gasteiger partial charge is 0.337 e. The maximum atomic E-state index is 11.4. The molecule has 0 N–H and O–H groups in total. The molecular weight excluding hydrogens is 541 g/mol. The van der Waals surface area contributed by atoms with Gasteiger partial charge in [0.15, 0.2) is 0 Å². The Morgan fingerprint density at radius 1 is 0.611 bits per heavy atom. The molecule has 0 bridgehead atoms. The second-order valence-corrected chi connectivity index (χ2v) is 28.4. The number of esters is 3. The molecule has 1 atom stereocenters. The number of carbonyl (C=O) groups excluding carboxylic acids is 3. The number of rotatable bonds is 19. The Morgan fingerprint density at radius 3 is 1.53 bits per heavy atom. The summed E-state index contributed by atoms with van der Waals surface area (Å²) in [6.07, 6.45) is 2.17. The maximum Gasteiger partial charge on any atom is 0.337 e. The van der Waals surface area contributed by atoms with Crippen LogP contribution in [0.3, 0.4) is 0 Å². The molecule has 0 heterocycles. The van der Waals surface area contributed by atoms with Gasteiger partial charge in [-0.15, -0.1) is 0 Å². The fraction of sp³-hybridized carbons (Fsp3) is 0.667. The van der Waals surface area contributed by atoms with E-state index in [4.69, 9.17) is 35.7 Å². The van der Waals surface area contributed by atoms with Crippen LogP contribution in [0.1, 0.15) is 6.92 Å². The van der Waals surface area contributed by atoms with E-state index in [0.717, 1.165) is 12.2 Å². The van der Waals surface area contributed by atoms with Crippen LogP contribution in [0.2, 0.25) is 45.8 Å². The van der Waals surface area contributed by atoms with Gasteiger partial charge in [-0.05, 0) is 45.8 Å². The first-order valence-electron chi connectivity index (χ1n) is 11.5. The molecule has 11 nitrogen and oxygen atoms in total. The fourth-order valence-corrected chi connectivity index (χ4v) is 22.6. The predicted molar refractivity (Wildman–Crippen MR) is 143 cm³/mol. The van der Waals surface area contributed by atoms with Crippen LogP contribution in [0.25, 0.3) is 0 Å². The highest BCUT2D eigenvalue weighted by atomic mass is 29.3.